The summed E-state index contributed by atoms with van der Waals surface area (Å²) < 4.78 is 12.7. The summed E-state index contributed by atoms with van der Waals surface area (Å²) in [4.78, 5) is 2.36. The van der Waals surface area contributed by atoms with Crippen molar-refractivity contribution in [3.63, 3.8) is 0 Å². The molecule has 0 radical (unpaired) electrons. The highest BCUT2D eigenvalue weighted by Gasteiger charge is 2.55. The van der Waals surface area contributed by atoms with Crippen LogP contribution in [0.25, 0.3) is 0 Å². The van der Waals surface area contributed by atoms with E-state index in [0.717, 1.165) is 38.3 Å². The van der Waals surface area contributed by atoms with Crippen LogP contribution in [0.5, 0.6) is 0 Å². The van der Waals surface area contributed by atoms with Gasteiger partial charge in [-0.1, -0.05) is 6.92 Å². The number of hydrogen-bond acceptors (Lipinski definition) is 1. The van der Waals surface area contributed by atoms with Crippen molar-refractivity contribution in [1.29, 1.82) is 0 Å². The second-order valence-corrected chi connectivity index (χ2v) is 4.08. The minimum atomic E-state index is -0.122. The largest absolute Gasteiger partial charge is 0.295 e. The zero-order valence-corrected chi connectivity index (χ0v) is 7.15. The second-order valence-electron chi connectivity index (χ2n) is 4.08. The summed E-state index contributed by atoms with van der Waals surface area (Å²) in [5, 5.41) is 0. The molecule has 0 atom stereocenters. The zero-order chi connectivity index (χ0) is 7.90. The van der Waals surface area contributed by atoms with E-state index in [-0.39, 0.29) is 12.2 Å². The number of fused-ring (bicyclic) bond motifs is 1. The molecule has 0 spiro atoms. The number of hydrogen-bond donors (Lipinski definition) is 0. The first-order valence-electron chi connectivity index (χ1n) is 4.62. The quantitative estimate of drug-likeness (QED) is 0.604. The molecule has 2 heterocycles. The summed E-state index contributed by atoms with van der Waals surface area (Å²) in [6.07, 6.45) is 3.42. The highest BCUT2D eigenvalue weighted by atomic mass is 19.1. The van der Waals surface area contributed by atoms with Gasteiger partial charge in [-0.3, -0.25) is 4.90 Å². The fourth-order valence-corrected chi connectivity index (χ4v) is 2.70. The number of halogens is 1. The molecular weight excluding hydrogens is 141 g/mol. The molecule has 1 aliphatic carbocycles. The van der Waals surface area contributed by atoms with Gasteiger partial charge in [0.2, 0.25) is 0 Å². The van der Waals surface area contributed by atoms with Crippen molar-refractivity contribution in [2.45, 2.75) is 31.7 Å². The third-order valence-corrected chi connectivity index (χ3v) is 3.23. The van der Waals surface area contributed by atoms with Crippen LogP contribution in [-0.2, 0) is 0 Å². The molecule has 2 heteroatoms. The Balaban J connectivity index is 2.00. The first-order valence-corrected chi connectivity index (χ1v) is 4.62. The first kappa shape index (κ1) is 7.53. The van der Waals surface area contributed by atoms with Gasteiger partial charge < -0.3 is 0 Å². The van der Waals surface area contributed by atoms with Crippen molar-refractivity contribution in [3.8, 4) is 0 Å². The molecule has 0 aromatic heterocycles. The lowest BCUT2D eigenvalue weighted by Gasteiger charge is -2.39. The molecule has 2 aliphatic heterocycles. The molecule has 0 amide bonds. The van der Waals surface area contributed by atoms with Crippen molar-refractivity contribution in [2.75, 3.05) is 19.8 Å². The van der Waals surface area contributed by atoms with Gasteiger partial charge in [0.05, 0.1) is 0 Å². The molecule has 2 saturated heterocycles. The van der Waals surface area contributed by atoms with E-state index in [1.807, 2.05) is 0 Å². The predicted molar refractivity (Wildman–Crippen MR) is 43.3 cm³/mol. The van der Waals surface area contributed by atoms with Crippen LogP contribution in [0.1, 0.15) is 26.2 Å². The van der Waals surface area contributed by atoms with E-state index in [2.05, 4.69) is 11.8 Å². The minimum absolute atomic E-state index is 0.0146. The summed E-state index contributed by atoms with van der Waals surface area (Å²) in [6.45, 7) is 4.31. The van der Waals surface area contributed by atoms with Gasteiger partial charge in [0.15, 0.2) is 0 Å². The van der Waals surface area contributed by atoms with Crippen LogP contribution in [0, 0.1) is 5.92 Å². The van der Waals surface area contributed by atoms with Gasteiger partial charge >= 0.3 is 0 Å². The minimum Gasteiger partial charge on any atom is -0.295 e. The zero-order valence-electron chi connectivity index (χ0n) is 7.15. The summed E-state index contributed by atoms with van der Waals surface area (Å²) >= 11 is 0. The molecule has 1 nitrogen and oxygen atoms in total. The van der Waals surface area contributed by atoms with Gasteiger partial charge in [-0.15, -0.1) is 0 Å². The Hall–Kier alpha value is -0.110. The van der Waals surface area contributed by atoms with Crippen LogP contribution in [0.2, 0.25) is 0 Å². The third-order valence-electron chi connectivity index (χ3n) is 3.23. The maximum atomic E-state index is 12.7. The summed E-state index contributed by atoms with van der Waals surface area (Å²) in [5.41, 5.74) is 0.0146. The summed E-state index contributed by atoms with van der Waals surface area (Å²) in [6, 6.07) is 0. The Morgan fingerprint density at radius 3 is 2.82 bits per heavy atom. The standard InChI is InChI=1S/C9H16FN/c1-2-3-11-6-8-4-9(11,5-8)7-10/h8H,2-7H2,1H3. The Kier molecular flexibility index (Phi) is 1.67. The van der Waals surface area contributed by atoms with Crippen LogP contribution in [0.3, 0.4) is 0 Å². The summed E-state index contributed by atoms with van der Waals surface area (Å²) in [7, 11) is 0. The molecule has 1 saturated carbocycles. The number of rotatable bonds is 3. The topological polar surface area (TPSA) is 3.24 Å². The molecule has 64 valence electrons. The van der Waals surface area contributed by atoms with Gasteiger partial charge in [0.25, 0.3) is 0 Å². The van der Waals surface area contributed by atoms with E-state index in [1.54, 1.807) is 0 Å². The molecule has 3 rings (SSSR count). The van der Waals surface area contributed by atoms with E-state index in [1.165, 1.54) is 0 Å². The molecule has 3 aliphatic rings. The Morgan fingerprint density at radius 1 is 1.55 bits per heavy atom. The van der Waals surface area contributed by atoms with Gasteiger partial charge in [0, 0.05) is 12.1 Å². The fourth-order valence-electron chi connectivity index (χ4n) is 2.70. The lowest BCUT2D eigenvalue weighted by Crippen LogP contribution is -2.48. The van der Waals surface area contributed by atoms with E-state index in [9.17, 15) is 4.39 Å². The maximum Gasteiger partial charge on any atom is 0.108 e. The maximum absolute atomic E-state index is 12.7. The average Bonchev–Trinajstić information content (AvgIpc) is 2.41. The van der Waals surface area contributed by atoms with Crippen LogP contribution in [0.15, 0.2) is 0 Å². The van der Waals surface area contributed by atoms with Gasteiger partial charge in [-0.2, -0.15) is 0 Å². The highest BCUT2D eigenvalue weighted by Crippen LogP contribution is 2.50. The third kappa shape index (κ3) is 0.919. The molecule has 11 heavy (non-hydrogen) atoms. The lowest BCUT2D eigenvalue weighted by molar-refractivity contribution is 0.0756. The number of nitrogens with zero attached hydrogens (tertiary/aromatic N) is 1. The summed E-state index contributed by atoms with van der Waals surface area (Å²) in [5.74, 6) is 0.831. The lowest BCUT2D eigenvalue weighted by atomic mass is 9.74. The number of alkyl halides is 1. The molecule has 0 aromatic rings. The van der Waals surface area contributed by atoms with E-state index >= 15 is 0 Å². The monoisotopic (exact) mass is 157 g/mol. The normalized spacial score (nSPS) is 42.5. The second kappa shape index (κ2) is 2.44. The van der Waals surface area contributed by atoms with Crippen molar-refractivity contribution in [1.82, 2.24) is 4.90 Å². The molecule has 0 aromatic carbocycles. The highest BCUT2D eigenvalue weighted by molar-refractivity contribution is 5.09. The van der Waals surface area contributed by atoms with Crippen molar-refractivity contribution >= 4 is 0 Å². The van der Waals surface area contributed by atoms with Crippen LogP contribution in [-0.4, -0.2) is 30.2 Å². The van der Waals surface area contributed by atoms with E-state index < -0.39 is 0 Å². The van der Waals surface area contributed by atoms with Crippen molar-refractivity contribution in [2.24, 2.45) is 5.92 Å². The Labute approximate surface area is 67.6 Å². The van der Waals surface area contributed by atoms with Crippen molar-refractivity contribution < 1.29 is 4.39 Å². The molecule has 0 N–H and O–H groups in total. The molecule has 2 bridgehead atoms. The van der Waals surface area contributed by atoms with E-state index in [0.29, 0.717) is 0 Å². The van der Waals surface area contributed by atoms with Gasteiger partial charge in [-0.05, 0) is 31.7 Å². The Morgan fingerprint density at radius 2 is 2.27 bits per heavy atom. The van der Waals surface area contributed by atoms with E-state index in [4.69, 9.17) is 0 Å². The first-order chi connectivity index (χ1) is 5.30. The predicted octanol–water partition coefficient (Wildman–Crippen LogP) is 1.83. The van der Waals surface area contributed by atoms with Crippen LogP contribution < -0.4 is 0 Å². The fraction of sp³-hybridized carbons (Fsp3) is 1.00. The van der Waals surface area contributed by atoms with Crippen molar-refractivity contribution in [3.05, 3.63) is 0 Å². The van der Waals surface area contributed by atoms with Gasteiger partial charge in [-0.25, -0.2) is 4.39 Å². The van der Waals surface area contributed by atoms with Gasteiger partial charge in [0.1, 0.15) is 6.67 Å². The smallest absolute Gasteiger partial charge is 0.108 e. The average molecular weight is 157 g/mol. The van der Waals surface area contributed by atoms with Crippen LogP contribution >= 0.6 is 0 Å². The molecule has 3 fully saturated rings. The molecule has 0 unspecified atom stereocenters. The Bertz CT molecular complexity index is 152. The SMILES string of the molecule is CCCN1CC2CC1(CF)C2. The van der Waals surface area contributed by atoms with Crippen LogP contribution in [0.4, 0.5) is 4.39 Å². The molecular formula is C9H16FN.